The summed E-state index contributed by atoms with van der Waals surface area (Å²) >= 11 is 6.61. The molecule has 5 nitrogen and oxygen atoms in total. The number of aliphatic hydroxyl groups is 1. The number of halogens is 1. The Hall–Kier alpha value is -0.720. The molecular weight excluding hydrogens is 250 g/mol. The van der Waals surface area contributed by atoms with Crippen LogP contribution in [-0.2, 0) is 0 Å². The number of hydrogen-bond acceptors (Lipinski definition) is 5. The fourth-order valence-electron chi connectivity index (χ4n) is 1.28. The summed E-state index contributed by atoms with van der Waals surface area (Å²) in [5, 5.41) is 19.5. The lowest BCUT2D eigenvalue weighted by molar-refractivity contribution is 0.0817. The van der Waals surface area contributed by atoms with E-state index in [1.807, 2.05) is 13.8 Å². The van der Waals surface area contributed by atoms with E-state index in [9.17, 15) is 9.90 Å². The van der Waals surface area contributed by atoms with Gasteiger partial charge in [0.05, 0.1) is 12.1 Å². The van der Waals surface area contributed by atoms with Gasteiger partial charge in [-0.05, 0) is 24.4 Å². The first kappa shape index (κ1) is 13.3. The van der Waals surface area contributed by atoms with Gasteiger partial charge in [0.2, 0.25) is 9.47 Å². The number of aromatic nitrogens is 2. The summed E-state index contributed by atoms with van der Waals surface area (Å²) in [6.07, 6.45) is 1.30. The standard InChI is InChI=1S/C9H14ClN3O2S/c1-3-9(4-2,5-14)11-6(15)7-12-13-8(10)16-7/h14H,3-5H2,1-2H3,(H,11,15). The lowest BCUT2D eigenvalue weighted by atomic mass is 9.94. The van der Waals surface area contributed by atoms with Gasteiger partial charge in [-0.15, -0.1) is 10.2 Å². The predicted octanol–water partition coefficient (Wildman–Crippen LogP) is 1.47. The fraction of sp³-hybridized carbons (Fsp3) is 0.667. The highest BCUT2D eigenvalue weighted by Crippen LogP contribution is 2.18. The van der Waals surface area contributed by atoms with Gasteiger partial charge in [0.15, 0.2) is 0 Å². The van der Waals surface area contributed by atoms with E-state index in [0.29, 0.717) is 12.8 Å². The maximum absolute atomic E-state index is 11.8. The largest absolute Gasteiger partial charge is 0.394 e. The van der Waals surface area contributed by atoms with Crippen LogP contribution >= 0.6 is 22.9 Å². The van der Waals surface area contributed by atoms with Crippen molar-refractivity contribution < 1.29 is 9.90 Å². The van der Waals surface area contributed by atoms with Crippen LogP contribution in [0.1, 0.15) is 36.5 Å². The number of amides is 1. The smallest absolute Gasteiger partial charge is 0.282 e. The predicted molar refractivity (Wildman–Crippen MR) is 62.8 cm³/mol. The van der Waals surface area contributed by atoms with Gasteiger partial charge in [-0.3, -0.25) is 4.79 Å². The monoisotopic (exact) mass is 263 g/mol. The minimum Gasteiger partial charge on any atom is -0.394 e. The summed E-state index contributed by atoms with van der Waals surface area (Å²) < 4.78 is 0.229. The van der Waals surface area contributed by atoms with Crippen LogP contribution in [0.4, 0.5) is 0 Å². The van der Waals surface area contributed by atoms with E-state index in [1.165, 1.54) is 0 Å². The second-order valence-electron chi connectivity index (χ2n) is 3.46. The Morgan fingerprint density at radius 2 is 2.12 bits per heavy atom. The first-order chi connectivity index (χ1) is 7.56. The van der Waals surface area contributed by atoms with E-state index >= 15 is 0 Å². The molecule has 0 aliphatic rings. The first-order valence-corrected chi connectivity index (χ1v) is 6.18. The summed E-state index contributed by atoms with van der Waals surface area (Å²) in [5.74, 6) is -0.345. The Balaban J connectivity index is 2.76. The van der Waals surface area contributed by atoms with Crippen LogP contribution in [0.3, 0.4) is 0 Å². The minimum atomic E-state index is -0.588. The number of aliphatic hydroxyl groups excluding tert-OH is 1. The molecule has 1 amide bonds. The van der Waals surface area contributed by atoms with E-state index in [0.717, 1.165) is 11.3 Å². The van der Waals surface area contributed by atoms with Crippen LogP contribution in [0.15, 0.2) is 0 Å². The molecule has 1 aromatic heterocycles. The van der Waals surface area contributed by atoms with Gasteiger partial charge in [-0.25, -0.2) is 0 Å². The molecule has 0 fully saturated rings. The van der Waals surface area contributed by atoms with E-state index < -0.39 is 5.54 Å². The molecule has 0 aliphatic carbocycles. The van der Waals surface area contributed by atoms with Gasteiger partial charge in [-0.2, -0.15) is 0 Å². The number of rotatable bonds is 5. The van der Waals surface area contributed by atoms with Crippen LogP contribution in [0.5, 0.6) is 0 Å². The molecule has 1 aromatic rings. The normalized spacial score (nSPS) is 11.5. The summed E-state index contributed by atoms with van der Waals surface area (Å²) in [6, 6.07) is 0. The average Bonchev–Trinajstić information content (AvgIpc) is 2.73. The number of hydrogen-bond donors (Lipinski definition) is 2. The van der Waals surface area contributed by atoms with Gasteiger partial charge in [0.25, 0.3) is 5.91 Å². The van der Waals surface area contributed by atoms with Crippen molar-refractivity contribution in [2.24, 2.45) is 0 Å². The Morgan fingerprint density at radius 3 is 2.50 bits per heavy atom. The molecule has 0 radical (unpaired) electrons. The molecule has 0 saturated carbocycles. The lowest BCUT2D eigenvalue weighted by Gasteiger charge is -2.30. The van der Waals surface area contributed by atoms with Gasteiger partial charge in [0, 0.05) is 0 Å². The maximum Gasteiger partial charge on any atom is 0.282 e. The van der Waals surface area contributed by atoms with Crippen LogP contribution in [0, 0.1) is 0 Å². The molecule has 0 aliphatic heterocycles. The lowest BCUT2D eigenvalue weighted by Crippen LogP contribution is -2.50. The van der Waals surface area contributed by atoms with Gasteiger partial charge in [-0.1, -0.05) is 25.2 Å². The molecule has 1 heterocycles. The molecule has 7 heteroatoms. The van der Waals surface area contributed by atoms with Crippen molar-refractivity contribution in [3.63, 3.8) is 0 Å². The molecule has 0 aromatic carbocycles. The van der Waals surface area contributed by atoms with Gasteiger partial charge < -0.3 is 10.4 Å². The third-order valence-electron chi connectivity index (χ3n) is 2.63. The molecule has 0 spiro atoms. The summed E-state index contributed by atoms with van der Waals surface area (Å²) in [6.45, 7) is 3.72. The summed E-state index contributed by atoms with van der Waals surface area (Å²) in [4.78, 5) is 11.8. The van der Waals surface area contributed by atoms with Crippen molar-refractivity contribution in [2.75, 3.05) is 6.61 Å². The highest BCUT2D eigenvalue weighted by molar-refractivity contribution is 7.17. The zero-order chi connectivity index (χ0) is 12.2. The molecule has 0 unspecified atom stereocenters. The molecule has 90 valence electrons. The average molecular weight is 264 g/mol. The van der Waals surface area contributed by atoms with Crippen molar-refractivity contribution in [3.05, 3.63) is 9.47 Å². The zero-order valence-electron chi connectivity index (χ0n) is 9.16. The third-order valence-corrected chi connectivity index (χ3v) is 3.65. The third kappa shape index (κ3) is 2.90. The number of nitrogens with one attached hydrogen (secondary N) is 1. The van der Waals surface area contributed by atoms with E-state index in [2.05, 4.69) is 15.5 Å². The van der Waals surface area contributed by atoms with Crippen molar-refractivity contribution in [3.8, 4) is 0 Å². The van der Waals surface area contributed by atoms with Crippen LogP contribution < -0.4 is 5.32 Å². The molecular formula is C9H14ClN3O2S. The van der Waals surface area contributed by atoms with Crippen molar-refractivity contribution >= 4 is 28.8 Å². The second-order valence-corrected chi connectivity index (χ2v) is 5.02. The van der Waals surface area contributed by atoms with E-state index in [1.54, 1.807) is 0 Å². The Kier molecular flexibility index (Phi) is 4.64. The molecule has 2 N–H and O–H groups in total. The fourth-order valence-corrected chi connectivity index (χ4v) is 2.00. The van der Waals surface area contributed by atoms with E-state index in [4.69, 9.17) is 11.6 Å². The zero-order valence-corrected chi connectivity index (χ0v) is 10.7. The first-order valence-electron chi connectivity index (χ1n) is 4.99. The molecule has 0 saturated heterocycles. The van der Waals surface area contributed by atoms with E-state index in [-0.39, 0.29) is 22.0 Å². The van der Waals surface area contributed by atoms with Crippen LogP contribution in [0.2, 0.25) is 4.47 Å². The summed E-state index contributed by atoms with van der Waals surface area (Å²) in [7, 11) is 0. The Bertz CT molecular complexity index is 357. The Labute approximate surface area is 103 Å². The maximum atomic E-state index is 11.8. The molecule has 1 rings (SSSR count). The highest BCUT2D eigenvalue weighted by Gasteiger charge is 2.28. The van der Waals surface area contributed by atoms with Gasteiger partial charge >= 0.3 is 0 Å². The quantitative estimate of drug-likeness (QED) is 0.844. The van der Waals surface area contributed by atoms with Crippen LogP contribution in [-0.4, -0.2) is 33.4 Å². The number of carbonyl (C=O) groups is 1. The topological polar surface area (TPSA) is 75.1 Å². The SMILES string of the molecule is CCC(CC)(CO)NC(=O)c1nnc(Cl)s1. The Morgan fingerprint density at radius 1 is 1.50 bits per heavy atom. The second kappa shape index (κ2) is 5.56. The van der Waals surface area contributed by atoms with Crippen LogP contribution in [0.25, 0.3) is 0 Å². The minimum absolute atomic E-state index is 0.0989. The van der Waals surface area contributed by atoms with Crippen molar-refractivity contribution in [1.82, 2.24) is 15.5 Å². The number of nitrogens with zero attached hydrogens (tertiary/aromatic N) is 2. The summed E-state index contributed by atoms with van der Waals surface area (Å²) in [5.41, 5.74) is -0.588. The molecule has 0 atom stereocenters. The van der Waals surface area contributed by atoms with Crippen molar-refractivity contribution in [2.45, 2.75) is 32.2 Å². The molecule has 16 heavy (non-hydrogen) atoms. The highest BCUT2D eigenvalue weighted by atomic mass is 35.5. The molecule has 0 bridgehead atoms. The van der Waals surface area contributed by atoms with Gasteiger partial charge in [0.1, 0.15) is 0 Å². The number of carbonyl (C=O) groups excluding carboxylic acids is 1. The van der Waals surface area contributed by atoms with Crippen molar-refractivity contribution in [1.29, 1.82) is 0 Å².